The van der Waals surface area contributed by atoms with Crippen molar-refractivity contribution in [2.45, 2.75) is 33.0 Å². The van der Waals surface area contributed by atoms with E-state index in [1.807, 2.05) is 13.8 Å². The first kappa shape index (κ1) is 21.8. The van der Waals surface area contributed by atoms with Crippen molar-refractivity contribution in [3.05, 3.63) is 59.2 Å². The van der Waals surface area contributed by atoms with Gasteiger partial charge in [-0.15, -0.1) is 0 Å². The largest absolute Gasteiger partial charge is 0.489 e. The van der Waals surface area contributed by atoms with Gasteiger partial charge < -0.3 is 24.8 Å². The molecule has 0 saturated heterocycles. The molecular formula is C22H27F2N3O3. The van der Waals surface area contributed by atoms with Crippen LogP contribution in [0.15, 0.2) is 41.4 Å². The highest BCUT2D eigenvalue weighted by atomic mass is 19.1. The van der Waals surface area contributed by atoms with Crippen LogP contribution in [0.5, 0.6) is 11.5 Å². The van der Waals surface area contributed by atoms with Gasteiger partial charge in [-0.3, -0.25) is 0 Å². The van der Waals surface area contributed by atoms with Crippen molar-refractivity contribution in [3.8, 4) is 11.5 Å². The van der Waals surface area contributed by atoms with E-state index in [0.29, 0.717) is 50.1 Å². The summed E-state index contributed by atoms with van der Waals surface area (Å²) < 4.78 is 43.6. The van der Waals surface area contributed by atoms with Crippen molar-refractivity contribution in [1.29, 1.82) is 0 Å². The number of nitrogens with zero attached hydrogens (tertiary/aromatic N) is 1. The number of halogens is 2. The van der Waals surface area contributed by atoms with Crippen LogP contribution in [-0.4, -0.2) is 38.5 Å². The van der Waals surface area contributed by atoms with Crippen LogP contribution < -0.4 is 20.1 Å². The third-order valence-corrected chi connectivity index (χ3v) is 4.42. The molecule has 0 amide bonds. The zero-order chi connectivity index (χ0) is 21.3. The summed E-state index contributed by atoms with van der Waals surface area (Å²) in [6.07, 6.45) is 0.339. The van der Waals surface area contributed by atoms with E-state index in [1.54, 1.807) is 12.1 Å². The maximum atomic E-state index is 13.9. The summed E-state index contributed by atoms with van der Waals surface area (Å²) in [6, 6.07) is 8.96. The lowest BCUT2D eigenvalue weighted by atomic mass is 10.1. The molecule has 6 nitrogen and oxygen atoms in total. The number of benzene rings is 2. The van der Waals surface area contributed by atoms with Gasteiger partial charge in [0.2, 0.25) is 0 Å². The van der Waals surface area contributed by atoms with E-state index in [-0.39, 0.29) is 24.5 Å². The Morgan fingerprint density at radius 3 is 2.87 bits per heavy atom. The Bertz CT molecular complexity index is 877. The Balaban J connectivity index is 1.55. The molecular weight excluding hydrogens is 392 g/mol. The minimum atomic E-state index is -0.340. The van der Waals surface area contributed by atoms with Gasteiger partial charge in [0.05, 0.1) is 13.2 Å². The second kappa shape index (κ2) is 10.8. The number of nitrogens with one attached hydrogen (secondary N) is 2. The van der Waals surface area contributed by atoms with Crippen LogP contribution in [0.1, 0.15) is 25.0 Å². The number of rotatable bonds is 8. The zero-order valence-corrected chi connectivity index (χ0v) is 17.2. The van der Waals surface area contributed by atoms with Crippen LogP contribution >= 0.6 is 0 Å². The predicted octanol–water partition coefficient (Wildman–Crippen LogP) is 3.40. The molecule has 2 N–H and O–H groups in total. The van der Waals surface area contributed by atoms with Crippen molar-refractivity contribution in [1.82, 2.24) is 10.6 Å². The minimum Gasteiger partial charge on any atom is -0.489 e. The van der Waals surface area contributed by atoms with Crippen LogP contribution in [0.2, 0.25) is 0 Å². The number of aliphatic imine (C=N–C) groups is 1. The van der Waals surface area contributed by atoms with Gasteiger partial charge in [-0.1, -0.05) is 6.07 Å². The van der Waals surface area contributed by atoms with Gasteiger partial charge in [-0.2, -0.15) is 0 Å². The van der Waals surface area contributed by atoms with Gasteiger partial charge in [0, 0.05) is 24.7 Å². The molecule has 1 heterocycles. The van der Waals surface area contributed by atoms with E-state index in [4.69, 9.17) is 14.2 Å². The Labute approximate surface area is 175 Å². The lowest BCUT2D eigenvalue weighted by molar-refractivity contribution is -0.0172. The zero-order valence-electron chi connectivity index (χ0n) is 17.2. The fourth-order valence-electron chi connectivity index (χ4n) is 3.13. The first-order valence-corrected chi connectivity index (χ1v) is 10.0. The van der Waals surface area contributed by atoms with Crippen LogP contribution in [0.3, 0.4) is 0 Å². The van der Waals surface area contributed by atoms with Crippen molar-refractivity contribution in [3.63, 3.8) is 0 Å². The van der Waals surface area contributed by atoms with Gasteiger partial charge in [0.1, 0.15) is 29.2 Å². The maximum absolute atomic E-state index is 13.9. The van der Waals surface area contributed by atoms with Crippen molar-refractivity contribution in [2.75, 3.05) is 26.4 Å². The fourth-order valence-corrected chi connectivity index (χ4v) is 3.13. The fraction of sp³-hybridized carbons (Fsp3) is 0.409. The summed E-state index contributed by atoms with van der Waals surface area (Å²) in [7, 11) is 0. The normalized spacial score (nSPS) is 14.5. The molecule has 30 heavy (non-hydrogen) atoms. The van der Waals surface area contributed by atoms with Crippen LogP contribution in [0.4, 0.5) is 8.78 Å². The number of ether oxygens (including phenoxy) is 3. The van der Waals surface area contributed by atoms with E-state index in [9.17, 15) is 8.78 Å². The summed E-state index contributed by atoms with van der Waals surface area (Å²) in [5.74, 6) is 1.15. The second-order valence-corrected chi connectivity index (χ2v) is 6.95. The van der Waals surface area contributed by atoms with Gasteiger partial charge >= 0.3 is 0 Å². The average molecular weight is 419 g/mol. The smallest absolute Gasteiger partial charge is 0.191 e. The monoisotopic (exact) mass is 419 g/mol. The predicted molar refractivity (Wildman–Crippen MR) is 111 cm³/mol. The number of hydrogen-bond acceptors (Lipinski definition) is 4. The molecule has 1 atom stereocenters. The SMILES string of the molecule is CCNC(=NCC(C)Oc1cccc(F)c1)NCCc1cc(F)cc2c1OCOC2. The molecule has 0 spiro atoms. The Hall–Kier alpha value is -2.87. The van der Waals surface area contributed by atoms with E-state index in [1.165, 1.54) is 24.3 Å². The third-order valence-electron chi connectivity index (χ3n) is 4.42. The van der Waals surface area contributed by atoms with E-state index < -0.39 is 0 Å². The summed E-state index contributed by atoms with van der Waals surface area (Å²) >= 11 is 0. The summed E-state index contributed by atoms with van der Waals surface area (Å²) in [4.78, 5) is 4.52. The Kier molecular flexibility index (Phi) is 7.84. The maximum Gasteiger partial charge on any atom is 0.191 e. The quantitative estimate of drug-likeness (QED) is 0.507. The molecule has 0 bridgehead atoms. The van der Waals surface area contributed by atoms with Gasteiger partial charge in [-0.05, 0) is 50.1 Å². The molecule has 8 heteroatoms. The van der Waals surface area contributed by atoms with E-state index in [0.717, 1.165) is 11.1 Å². The topological polar surface area (TPSA) is 64.1 Å². The lowest BCUT2D eigenvalue weighted by Crippen LogP contribution is -2.39. The Morgan fingerprint density at radius 2 is 2.07 bits per heavy atom. The Morgan fingerprint density at radius 1 is 1.20 bits per heavy atom. The number of guanidine groups is 1. The van der Waals surface area contributed by atoms with Crippen LogP contribution in [0.25, 0.3) is 0 Å². The molecule has 0 aromatic heterocycles. The first-order valence-electron chi connectivity index (χ1n) is 10.0. The molecule has 1 unspecified atom stereocenters. The van der Waals surface area contributed by atoms with Gasteiger partial charge in [0.25, 0.3) is 0 Å². The number of fused-ring (bicyclic) bond motifs is 1. The molecule has 0 saturated carbocycles. The molecule has 2 aromatic carbocycles. The molecule has 0 fully saturated rings. The van der Waals surface area contributed by atoms with Crippen molar-refractivity contribution >= 4 is 5.96 Å². The van der Waals surface area contributed by atoms with Crippen LogP contribution in [-0.2, 0) is 17.8 Å². The molecule has 1 aliphatic heterocycles. The first-order chi connectivity index (χ1) is 14.5. The molecule has 1 aliphatic rings. The molecule has 162 valence electrons. The van der Waals surface area contributed by atoms with Gasteiger partial charge in [0.15, 0.2) is 12.8 Å². The standard InChI is InChI=1S/C22H27F2N3O3/c1-3-25-22(27-12-15(2)30-20-6-4-5-18(23)11-20)26-8-7-16-9-19(24)10-17-13-28-14-29-21(16)17/h4-6,9-11,15H,3,7-8,12-14H2,1-2H3,(H2,25,26,27). The highest BCUT2D eigenvalue weighted by molar-refractivity contribution is 5.79. The second-order valence-electron chi connectivity index (χ2n) is 6.95. The molecule has 3 rings (SSSR count). The third kappa shape index (κ3) is 6.32. The molecule has 0 aliphatic carbocycles. The summed E-state index contributed by atoms with van der Waals surface area (Å²) in [5.41, 5.74) is 1.51. The van der Waals surface area contributed by atoms with E-state index >= 15 is 0 Å². The van der Waals surface area contributed by atoms with Crippen molar-refractivity contribution in [2.24, 2.45) is 4.99 Å². The molecule has 2 aromatic rings. The summed E-state index contributed by atoms with van der Waals surface area (Å²) in [5, 5.41) is 6.41. The van der Waals surface area contributed by atoms with Crippen LogP contribution in [0, 0.1) is 11.6 Å². The lowest BCUT2D eigenvalue weighted by Gasteiger charge is -2.21. The van der Waals surface area contributed by atoms with E-state index in [2.05, 4.69) is 15.6 Å². The van der Waals surface area contributed by atoms with Crippen molar-refractivity contribution < 1.29 is 23.0 Å². The number of hydrogen-bond donors (Lipinski definition) is 2. The average Bonchev–Trinajstić information content (AvgIpc) is 2.72. The minimum absolute atomic E-state index is 0.173. The highest BCUT2D eigenvalue weighted by Gasteiger charge is 2.16. The van der Waals surface area contributed by atoms with Gasteiger partial charge in [-0.25, -0.2) is 13.8 Å². The molecule has 0 radical (unpaired) electrons. The summed E-state index contributed by atoms with van der Waals surface area (Å²) in [6.45, 7) is 6.00. The highest BCUT2D eigenvalue weighted by Crippen LogP contribution is 2.29.